The number of amidine groups is 1. The van der Waals surface area contributed by atoms with Gasteiger partial charge in [0.2, 0.25) is 5.96 Å². The smallest absolute Gasteiger partial charge is 0.221 e. The van der Waals surface area contributed by atoms with E-state index in [-0.39, 0.29) is 24.5 Å². The maximum atomic E-state index is 13.2. The van der Waals surface area contributed by atoms with Gasteiger partial charge in [0, 0.05) is 19.6 Å². The van der Waals surface area contributed by atoms with Gasteiger partial charge in [0.1, 0.15) is 18.3 Å². The Morgan fingerprint density at radius 1 is 1.29 bits per heavy atom. The molecule has 0 spiro atoms. The van der Waals surface area contributed by atoms with Crippen LogP contribution in [0, 0.1) is 5.82 Å². The molecule has 28 heavy (non-hydrogen) atoms. The highest BCUT2D eigenvalue weighted by atomic mass is 19.1. The second-order valence-corrected chi connectivity index (χ2v) is 7.13. The number of nitrogens with zero attached hydrogens (tertiary/aromatic N) is 5. The number of hydrogen-bond acceptors (Lipinski definition) is 7. The van der Waals surface area contributed by atoms with E-state index in [1.54, 1.807) is 12.1 Å². The van der Waals surface area contributed by atoms with Gasteiger partial charge in [-0.2, -0.15) is 4.99 Å². The topological polar surface area (TPSA) is 75.8 Å². The van der Waals surface area contributed by atoms with Crippen LogP contribution in [-0.4, -0.2) is 72.0 Å². The fourth-order valence-corrected chi connectivity index (χ4v) is 2.60. The van der Waals surface area contributed by atoms with E-state index >= 15 is 0 Å². The molecule has 1 aliphatic heterocycles. The number of hydrogen-bond donors (Lipinski definition) is 2. The third-order valence-electron chi connectivity index (χ3n) is 4.56. The Morgan fingerprint density at radius 3 is 2.61 bits per heavy atom. The summed E-state index contributed by atoms with van der Waals surface area (Å²) < 4.78 is 13.2. The average molecular weight is 391 g/mol. The minimum atomic E-state index is -0.252. The number of halogens is 1. The quantitative estimate of drug-likeness (QED) is 0.780. The lowest BCUT2D eigenvalue weighted by Gasteiger charge is -2.22. The zero-order valence-electron chi connectivity index (χ0n) is 17.1. The second-order valence-electron chi connectivity index (χ2n) is 7.13. The Bertz CT molecular complexity index is 697. The standard InChI is InChI=1S/C20H31FN6O/c1-5-18(12-28)24-20-23-14-27(15(2)3)13-22-10-19(25-20)26(4)11-16-6-8-17(21)9-7-16/h6-9,13,15,18,28H,5,10-12,14H2,1-4H3,(H,23,24). The highest BCUT2D eigenvalue weighted by Gasteiger charge is 2.14. The summed E-state index contributed by atoms with van der Waals surface area (Å²) in [6, 6.07) is 6.57. The summed E-state index contributed by atoms with van der Waals surface area (Å²) in [7, 11) is 1.93. The van der Waals surface area contributed by atoms with Crippen LogP contribution in [0.2, 0.25) is 0 Å². The molecule has 0 saturated carbocycles. The number of guanidine groups is 1. The molecule has 0 aromatic heterocycles. The predicted octanol–water partition coefficient (Wildman–Crippen LogP) is 2.08. The number of aliphatic hydroxyl groups excluding tert-OH is 1. The molecule has 0 fully saturated rings. The molecule has 1 unspecified atom stereocenters. The molecule has 2 N–H and O–H groups in total. The first-order valence-corrected chi connectivity index (χ1v) is 9.63. The first-order valence-electron chi connectivity index (χ1n) is 9.63. The molecule has 1 aliphatic rings. The molecule has 0 amide bonds. The molecule has 8 heteroatoms. The Morgan fingerprint density at radius 2 is 2.00 bits per heavy atom. The van der Waals surface area contributed by atoms with Crippen molar-refractivity contribution in [2.75, 3.05) is 26.9 Å². The van der Waals surface area contributed by atoms with E-state index in [1.165, 1.54) is 12.1 Å². The Kier molecular flexibility index (Phi) is 8.38. The summed E-state index contributed by atoms with van der Waals surface area (Å²) in [5.41, 5.74) is 0.979. The fourth-order valence-electron chi connectivity index (χ4n) is 2.60. The van der Waals surface area contributed by atoms with Crippen LogP contribution in [0.15, 0.2) is 39.2 Å². The molecule has 1 aromatic carbocycles. The van der Waals surface area contributed by atoms with Crippen molar-refractivity contribution in [1.29, 1.82) is 0 Å². The fraction of sp³-hybridized carbons (Fsp3) is 0.550. The van der Waals surface area contributed by atoms with Gasteiger partial charge in [-0.3, -0.25) is 4.99 Å². The van der Waals surface area contributed by atoms with Gasteiger partial charge in [-0.15, -0.1) is 0 Å². The van der Waals surface area contributed by atoms with Gasteiger partial charge in [0.05, 0.1) is 25.5 Å². The van der Waals surface area contributed by atoms with Crippen LogP contribution < -0.4 is 5.32 Å². The molecule has 154 valence electrons. The lowest BCUT2D eigenvalue weighted by atomic mass is 10.2. The molecule has 0 saturated heterocycles. The number of likely N-dealkylation sites (N-methyl/N-ethyl adjacent to an activating group) is 1. The molecular weight excluding hydrogens is 359 g/mol. The zero-order valence-corrected chi connectivity index (χ0v) is 17.1. The van der Waals surface area contributed by atoms with E-state index in [0.717, 1.165) is 17.8 Å². The second kappa shape index (κ2) is 10.8. The normalized spacial score (nSPS) is 16.0. The van der Waals surface area contributed by atoms with Crippen molar-refractivity contribution in [1.82, 2.24) is 15.1 Å². The van der Waals surface area contributed by atoms with E-state index in [9.17, 15) is 9.50 Å². The number of rotatable bonds is 6. The summed E-state index contributed by atoms with van der Waals surface area (Å²) in [5, 5.41) is 12.7. The first kappa shape index (κ1) is 21.8. The van der Waals surface area contributed by atoms with E-state index in [0.29, 0.717) is 25.7 Å². The molecular formula is C20H31FN6O. The van der Waals surface area contributed by atoms with Crippen molar-refractivity contribution in [3.05, 3.63) is 35.6 Å². The number of nitrogens with one attached hydrogen (secondary N) is 1. The van der Waals surface area contributed by atoms with E-state index < -0.39 is 0 Å². The van der Waals surface area contributed by atoms with Crippen LogP contribution >= 0.6 is 0 Å². The van der Waals surface area contributed by atoms with Crippen LogP contribution in [0.25, 0.3) is 0 Å². The monoisotopic (exact) mass is 390 g/mol. The lowest BCUT2D eigenvalue weighted by molar-refractivity contribution is 0.252. The van der Waals surface area contributed by atoms with Gasteiger partial charge in [-0.1, -0.05) is 19.1 Å². The molecule has 2 rings (SSSR count). The third kappa shape index (κ3) is 6.60. The van der Waals surface area contributed by atoms with Gasteiger partial charge in [0.15, 0.2) is 0 Å². The van der Waals surface area contributed by atoms with Gasteiger partial charge < -0.3 is 20.2 Å². The molecule has 0 aliphatic carbocycles. The Hall–Kier alpha value is -2.48. The summed E-state index contributed by atoms with van der Waals surface area (Å²) in [6.07, 6.45) is 2.57. The average Bonchev–Trinajstić information content (AvgIpc) is 2.78. The molecule has 1 heterocycles. The number of aliphatic imine (C=N–C) groups is 3. The van der Waals surface area contributed by atoms with Crippen LogP contribution in [0.3, 0.4) is 0 Å². The lowest BCUT2D eigenvalue weighted by Crippen LogP contribution is -2.39. The number of aliphatic hydroxyl groups is 1. The highest BCUT2D eigenvalue weighted by Crippen LogP contribution is 2.08. The van der Waals surface area contributed by atoms with Crippen molar-refractivity contribution in [3.63, 3.8) is 0 Å². The van der Waals surface area contributed by atoms with Crippen LogP contribution in [0.1, 0.15) is 32.8 Å². The summed E-state index contributed by atoms with van der Waals surface area (Å²) in [5.74, 6) is 0.973. The maximum Gasteiger partial charge on any atom is 0.221 e. The molecule has 1 atom stereocenters. The molecule has 1 aromatic rings. The molecule has 0 bridgehead atoms. The van der Waals surface area contributed by atoms with Crippen molar-refractivity contribution >= 4 is 18.1 Å². The summed E-state index contributed by atoms with van der Waals surface area (Å²) >= 11 is 0. The third-order valence-corrected chi connectivity index (χ3v) is 4.56. The largest absolute Gasteiger partial charge is 0.394 e. The molecule has 0 radical (unpaired) electrons. The van der Waals surface area contributed by atoms with Crippen molar-refractivity contribution in [2.45, 2.75) is 45.8 Å². The van der Waals surface area contributed by atoms with Crippen molar-refractivity contribution in [2.24, 2.45) is 15.0 Å². The van der Waals surface area contributed by atoms with Gasteiger partial charge in [0.25, 0.3) is 0 Å². The van der Waals surface area contributed by atoms with E-state index in [1.807, 2.05) is 30.1 Å². The number of benzene rings is 1. The van der Waals surface area contributed by atoms with Gasteiger partial charge >= 0.3 is 0 Å². The van der Waals surface area contributed by atoms with E-state index in [4.69, 9.17) is 4.99 Å². The van der Waals surface area contributed by atoms with Gasteiger partial charge in [-0.25, -0.2) is 9.38 Å². The SMILES string of the molecule is CCC(CO)NC1=NCN(C(C)C)C=NCC(N(C)Cc2ccc(F)cc2)=N1. The summed E-state index contributed by atoms with van der Waals surface area (Å²) in [6.45, 7) is 7.58. The van der Waals surface area contributed by atoms with E-state index in [2.05, 4.69) is 29.1 Å². The molecule has 7 nitrogen and oxygen atoms in total. The minimum Gasteiger partial charge on any atom is -0.394 e. The van der Waals surface area contributed by atoms with Gasteiger partial charge in [-0.05, 0) is 38.0 Å². The highest BCUT2D eigenvalue weighted by molar-refractivity contribution is 5.97. The Balaban J connectivity index is 2.24. The zero-order chi connectivity index (χ0) is 20.5. The maximum absolute atomic E-state index is 13.2. The van der Waals surface area contributed by atoms with Crippen LogP contribution in [-0.2, 0) is 6.54 Å². The minimum absolute atomic E-state index is 0.0101. The first-order chi connectivity index (χ1) is 13.4. The summed E-state index contributed by atoms with van der Waals surface area (Å²) in [4.78, 5) is 17.8. The van der Waals surface area contributed by atoms with Crippen molar-refractivity contribution < 1.29 is 9.50 Å². The van der Waals surface area contributed by atoms with Crippen LogP contribution in [0.5, 0.6) is 0 Å². The predicted molar refractivity (Wildman–Crippen MR) is 112 cm³/mol. The van der Waals surface area contributed by atoms with Crippen LogP contribution in [0.4, 0.5) is 4.39 Å². The van der Waals surface area contributed by atoms with Crippen molar-refractivity contribution in [3.8, 4) is 0 Å². The Labute approximate surface area is 166 Å².